The normalized spacial score (nSPS) is 12.4. The lowest BCUT2D eigenvalue weighted by molar-refractivity contribution is -0.122. The number of ketones is 1. The molecule has 0 unspecified atom stereocenters. The highest BCUT2D eigenvalue weighted by Crippen LogP contribution is 2.11. The van der Waals surface area contributed by atoms with Gasteiger partial charge < -0.3 is 0 Å². The van der Waals surface area contributed by atoms with E-state index in [1.54, 1.807) is 0 Å². The molecule has 0 spiro atoms. The van der Waals surface area contributed by atoms with Crippen LogP contribution in [-0.4, -0.2) is 5.78 Å². The molecule has 1 aromatic rings. The highest BCUT2D eigenvalue weighted by molar-refractivity contribution is 5.80. The molecule has 1 aromatic carbocycles. The fourth-order valence-electron chi connectivity index (χ4n) is 1.57. The molecule has 0 aliphatic heterocycles. The first-order valence-corrected chi connectivity index (χ1v) is 5.30. The highest BCUT2D eigenvalue weighted by atomic mass is 16.1. The highest BCUT2D eigenvalue weighted by Gasteiger charge is 2.11. The SMILES string of the molecule is CCCC(=O)[C@H](C)Cc1ccccc1. The van der Waals surface area contributed by atoms with Gasteiger partial charge in [-0.3, -0.25) is 4.79 Å². The Morgan fingerprint density at radius 1 is 1.29 bits per heavy atom. The molecule has 14 heavy (non-hydrogen) atoms. The minimum atomic E-state index is 0.164. The monoisotopic (exact) mass is 190 g/mol. The summed E-state index contributed by atoms with van der Waals surface area (Å²) in [7, 11) is 0. The van der Waals surface area contributed by atoms with Crippen LogP contribution < -0.4 is 0 Å². The lowest BCUT2D eigenvalue weighted by Crippen LogP contribution is -2.12. The summed E-state index contributed by atoms with van der Waals surface area (Å²) in [6.45, 7) is 4.07. The first-order chi connectivity index (χ1) is 6.74. The Labute approximate surface area is 86.1 Å². The van der Waals surface area contributed by atoms with E-state index in [0.29, 0.717) is 12.2 Å². The van der Waals surface area contributed by atoms with Crippen LogP contribution in [0.2, 0.25) is 0 Å². The Balaban J connectivity index is 2.49. The van der Waals surface area contributed by atoms with Crippen molar-refractivity contribution in [3.05, 3.63) is 35.9 Å². The van der Waals surface area contributed by atoms with E-state index in [0.717, 1.165) is 12.8 Å². The Hall–Kier alpha value is -1.11. The maximum Gasteiger partial charge on any atom is 0.136 e. The molecule has 0 saturated heterocycles. The molecule has 0 aliphatic rings. The van der Waals surface area contributed by atoms with Gasteiger partial charge in [-0.2, -0.15) is 0 Å². The largest absolute Gasteiger partial charge is 0.299 e. The zero-order valence-electron chi connectivity index (χ0n) is 8.99. The summed E-state index contributed by atoms with van der Waals surface area (Å²) >= 11 is 0. The van der Waals surface area contributed by atoms with Gasteiger partial charge in [0.1, 0.15) is 5.78 Å². The summed E-state index contributed by atoms with van der Waals surface area (Å²) < 4.78 is 0. The lowest BCUT2D eigenvalue weighted by Gasteiger charge is -2.09. The van der Waals surface area contributed by atoms with E-state index >= 15 is 0 Å². The minimum Gasteiger partial charge on any atom is -0.299 e. The first-order valence-electron chi connectivity index (χ1n) is 5.30. The number of carbonyl (C=O) groups excluding carboxylic acids is 1. The van der Waals surface area contributed by atoms with Crippen LogP contribution in [0.25, 0.3) is 0 Å². The van der Waals surface area contributed by atoms with Crippen molar-refractivity contribution >= 4 is 5.78 Å². The second-order valence-electron chi connectivity index (χ2n) is 3.81. The summed E-state index contributed by atoms with van der Waals surface area (Å²) in [5.74, 6) is 0.550. The average Bonchev–Trinajstić information content (AvgIpc) is 2.19. The van der Waals surface area contributed by atoms with E-state index in [4.69, 9.17) is 0 Å². The molecule has 0 bridgehead atoms. The molecule has 1 atom stereocenters. The van der Waals surface area contributed by atoms with Crippen molar-refractivity contribution in [2.24, 2.45) is 5.92 Å². The molecular weight excluding hydrogens is 172 g/mol. The maximum absolute atomic E-state index is 11.5. The van der Waals surface area contributed by atoms with E-state index in [-0.39, 0.29) is 5.92 Å². The average molecular weight is 190 g/mol. The van der Waals surface area contributed by atoms with Gasteiger partial charge in [0.25, 0.3) is 0 Å². The van der Waals surface area contributed by atoms with Gasteiger partial charge in [-0.25, -0.2) is 0 Å². The number of hydrogen-bond acceptors (Lipinski definition) is 1. The Morgan fingerprint density at radius 3 is 2.50 bits per heavy atom. The van der Waals surface area contributed by atoms with Crippen molar-refractivity contribution in [1.29, 1.82) is 0 Å². The van der Waals surface area contributed by atoms with Gasteiger partial charge in [0.15, 0.2) is 0 Å². The third-order valence-corrected chi connectivity index (χ3v) is 2.43. The minimum absolute atomic E-state index is 0.164. The van der Waals surface area contributed by atoms with Crippen molar-refractivity contribution in [1.82, 2.24) is 0 Å². The fourth-order valence-corrected chi connectivity index (χ4v) is 1.57. The molecule has 1 rings (SSSR count). The zero-order chi connectivity index (χ0) is 10.4. The van der Waals surface area contributed by atoms with Crippen LogP contribution in [0.3, 0.4) is 0 Å². The van der Waals surface area contributed by atoms with E-state index in [1.807, 2.05) is 32.0 Å². The van der Waals surface area contributed by atoms with E-state index in [9.17, 15) is 4.79 Å². The van der Waals surface area contributed by atoms with Crippen molar-refractivity contribution in [3.8, 4) is 0 Å². The summed E-state index contributed by atoms with van der Waals surface area (Å²) in [4.78, 5) is 11.5. The fraction of sp³-hybridized carbons (Fsp3) is 0.462. The van der Waals surface area contributed by atoms with Gasteiger partial charge in [0.2, 0.25) is 0 Å². The van der Waals surface area contributed by atoms with Gasteiger partial charge in [0, 0.05) is 12.3 Å². The Bertz CT molecular complexity index is 277. The second kappa shape index (κ2) is 5.58. The molecular formula is C13H18O. The molecule has 0 aromatic heterocycles. The third-order valence-electron chi connectivity index (χ3n) is 2.43. The van der Waals surface area contributed by atoms with E-state index in [2.05, 4.69) is 12.1 Å². The van der Waals surface area contributed by atoms with Gasteiger partial charge >= 0.3 is 0 Å². The van der Waals surface area contributed by atoms with E-state index in [1.165, 1.54) is 5.56 Å². The predicted octanol–water partition coefficient (Wildman–Crippen LogP) is 3.23. The Morgan fingerprint density at radius 2 is 1.93 bits per heavy atom. The summed E-state index contributed by atoms with van der Waals surface area (Å²) in [6, 6.07) is 10.2. The van der Waals surface area contributed by atoms with Crippen LogP contribution in [0, 0.1) is 5.92 Å². The second-order valence-corrected chi connectivity index (χ2v) is 3.81. The molecule has 0 amide bonds. The summed E-state index contributed by atoms with van der Waals surface area (Å²) in [6.07, 6.45) is 2.55. The van der Waals surface area contributed by atoms with Gasteiger partial charge in [0.05, 0.1) is 0 Å². The molecule has 0 N–H and O–H groups in total. The van der Waals surface area contributed by atoms with E-state index < -0.39 is 0 Å². The van der Waals surface area contributed by atoms with Crippen LogP contribution in [0.5, 0.6) is 0 Å². The smallest absolute Gasteiger partial charge is 0.136 e. The molecule has 0 fully saturated rings. The van der Waals surface area contributed by atoms with Crippen LogP contribution >= 0.6 is 0 Å². The standard InChI is InChI=1S/C13H18O/c1-3-7-13(14)11(2)10-12-8-5-4-6-9-12/h4-6,8-9,11H,3,7,10H2,1-2H3/t11-/m1/s1. The van der Waals surface area contributed by atoms with Crippen LogP contribution in [0.15, 0.2) is 30.3 Å². The third kappa shape index (κ3) is 3.33. The summed E-state index contributed by atoms with van der Waals surface area (Å²) in [5, 5.41) is 0. The van der Waals surface area contributed by atoms with Crippen molar-refractivity contribution in [2.45, 2.75) is 33.1 Å². The van der Waals surface area contributed by atoms with Crippen LogP contribution in [0.1, 0.15) is 32.3 Å². The quantitative estimate of drug-likeness (QED) is 0.696. The molecule has 0 aliphatic carbocycles. The molecule has 1 nitrogen and oxygen atoms in total. The van der Waals surface area contributed by atoms with Crippen LogP contribution in [-0.2, 0) is 11.2 Å². The molecule has 1 heteroatoms. The topological polar surface area (TPSA) is 17.1 Å². The molecule has 0 heterocycles. The lowest BCUT2D eigenvalue weighted by atomic mass is 9.95. The van der Waals surface area contributed by atoms with Gasteiger partial charge in [-0.15, -0.1) is 0 Å². The summed E-state index contributed by atoms with van der Waals surface area (Å²) in [5.41, 5.74) is 1.25. The number of benzene rings is 1. The number of carbonyl (C=O) groups is 1. The van der Waals surface area contributed by atoms with Crippen LogP contribution in [0.4, 0.5) is 0 Å². The molecule has 0 radical (unpaired) electrons. The predicted molar refractivity (Wildman–Crippen MR) is 59.2 cm³/mol. The van der Waals surface area contributed by atoms with Gasteiger partial charge in [-0.05, 0) is 18.4 Å². The van der Waals surface area contributed by atoms with Crippen molar-refractivity contribution < 1.29 is 4.79 Å². The van der Waals surface area contributed by atoms with Gasteiger partial charge in [-0.1, -0.05) is 44.2 Å². The van der Waals surface area contributed by atoms with Crippen molar-refractivity contribution in [3.63, 3.8) is 0 Å². The first kappa shape index (κ1) is 11.0. The number of Topliss-reactive ketones (excluding diaryl/α,β-unsaturated/α-hetero) is 1. The Kier molecular flexibility index (Phi) is 4.37. The maximum atomic E-state index is 11.5. The zero-order valence-corrected chi connectivity index (χ0v) is 8.99. The molecule has 0 saturated carbocycles. The number of hydrogen-bond donors (Lipinski definition) is 0. The van der Waals surface area contributed by atoms with Crippen molar-refractivity contribution in [2.75, 3.05) is 0 Å². The number of rotatable bonds is 5. The molecule has 76 valence electrons.